The van der Waals surface area contributed by atoms with Gasteiger partial charge >= 0.3 is 5.97 Å². The molecule has 0 saturated carbocycles. The standard InChI is InChI=1S/C18H18N2O3/c1-11-5-4-6-14(9-11)23-17(21)8-7-15-12(2)16(10-19)18(22)20-13(15)3/h4-6,9H,7-8H2,1-3H3,(H,20,22). The molecule has 0 unspecified atom stereocenters. The fourth-order valence-electron chi connectivity index (χ4n) is 2.51. The van der Waals surface area contributed by atoms with Crippen molar-refractivity contribution >= 4 is 5.97 Å². The van der Waals surface area contributed by atoms with Gasteiger partial charge in [-0.3, -0.25) is 9.59 Å². The summed E-state index contributed by atoms with van der Waals surface area (Å²) in [4.78, 5) is 26.3. The van der Waals surface area contributed by atoms with Crippen LogP contribution in [0.5, 0.6) is 5.75 Å². The molecule has 118 valence electrons. The first-order valence-electron chi connectivity index (χ1n) is 7.32. The van der Waals surface area contributed by atoms with Crippen LogP contribution in [0.1, 0.15) is 34.4 Å². The van der Waals surface area contributed by atoms with Crippen molar-refractivity contribution in [3.8, 4) is 11.8 Å². The summed E-state index contributed by atoms with van der Waals surface area (Å²) >= 11 is 0. The molecule has 0 atom stereocenters. The van der Waals surface area contributed by atoms with Gasteiger partial charge in [0.25, 0.3) is 5.56 Å². The maximum atomic E-state index is 12.0. The van der Waals surface area contributed by atoms with Crippen molar-refractivity contribution in [3.63, 3.8) is 0 Å². The number of nitriles is 1. The normalized spacial score (nSPS) is 10.2. The van der Waals surface area contributed by atoms with Crippen molar-refractivity contribution in [1.82, 2.24) is 4.98 Å². The van der Waals surface area contributed by atoms with E-state index in [2.05, 4.69) is 4.98 Å². The van der Waals surface area contributed by atoms with Gasteiger partial charge in [0.05, 0.1) is 6.42 Å². The van der Waals surface area contributed by atoms with Gasteiger partial charge in [-0.05, 0) is 56.0 Å². The van der Waals surface area contributed by atoms with Gasteiger partial charge in [-0.15, -0.1) is 0 Å². The van der Waals surface area contributed by atoms with Gasteiger partial charge in [-0.25, -0.2) is 0 Å². The minimum Gasteiger partial charge on any atom is -0.427 e. The summed E-state index contributed by atoms with van der Waals surface area (Å²) in [6.07, 6.45) is 0.584. The Morgan fingerprint density at radius 1 is 1.30 bits per heavy atom. The van der Waals surface area contributed by atoms with E-state index in [0.29, 0.717) is 23.4 Å². The number of carbonyl (C=O) groups excluding carboxylic acids is 1. The number of nitrogens with zero attached hydrogens (tertiary/aromatic N) is 1. The zero-order valence-corrected chi connectivity index (χ0v) is 13.4. The van der Waals surface area contributed by atoms with E-state index in [9.17, 15) is 9.59 Å². The molecule has 2 aromatic rings. The fraction of sp³-hybridized carbons (Fsp3) is 0.278. The summed E-state index contributed by atoms with van der Waals surface area (Å²) in [6.45, 7) is 5.41. The number of esters is 1. The molecule has 0 aliphatic rings. The molecule has 0 aliphatic carbocycles. The number of rotatable bonds is 4. The van der Waals surface area contributed by atoms with Gasteiger partial charge in [0.2, 0.25) is 0 Å². The maximum absolute atomic E-state index is 12.0. The summed E-state index contributed by atoms with van der Waals surface area (Å²) in [7, 11) is 0. The van der Waals surface area contributed by atoms with Crippen LogP contribution in [0.15, 0.2) is 29.1 Å². The van der Waals surface area contributed by atoms with E-state index < -0.39 is 5.56 Å². The molecule has 1 aromatic heterocycles. The summed E-state index contributed by atoms with van der Waals surface area (Å²) in [6, 6.07) is 9.18. The van der Waals surface area contributed by atoms with Crippen molar-refractivity contribution < 1.29 is 9.53 Å². The molecule has 0 radical (unpaired) electrons. The molecule has 1 N–H and O–H groups in total. The van der Waals surface area contributed by atoms with Crippen molar-refractivity contribution in [3.05, 3.63) is 62.6 Å². The number of ether oxygens (including phenoxy) is 1. The van der Waals surface area contributed by atoms with Gasteiger partial charge in [0.15, 0.2) is 0 Å². The number of H-pyrrole nitrogens is 1. The number of aromatic amines is 1. The van der Waals surface area contributed by atoms with Crippen LogP contribution in [0.2, 0.25) is 0 Å². The average molecular weight is 310 g/mol. The van der Waals surface area contributed by atoms with Gasteiger partial charge < -0.3 is 9.72 Å². The molecule has 0 aliphatic heterocycles. The second-order valence-corrected chi connectivity index (χ2v) is 5.46. The lowest BCUT2D eigenvalue weighted by Crippen LogP contribution is -2.18. The molecule has 0 amide bonds. The highest BCUT2D eigenvalue weighted by Gasteiger charge is 2.14. The minimum absolute atomic E-state index is 0.0950. The van der Waals surface area contributed by atoms with Gasteiger partial charge in [0.1, 0.15) is 17.4 Å². The molecule has 5 nitrogen and oxygen atoms in total. The van der Waals surface area contributed by atoms with Crippen LogP contribution in [0, 0.1) is 32.1 Å². The van der Waals surface area contributed by atoms with E-state index in [1.54, 1.807) is 26.0 Å². The highest BCUT2D eigenvalue weighted by molar-refractivity contribution is 5.72. The fourth-order valence-corrected chi connectivity index (χ4v) is 2.51. The molecule has 1 aromatic carbocycles. The number of carbonyl (C=O) groups is 1. The highest BCUT2D eigenvalue weighted by Crippen LogP contribution is 2.17. The first-order chi connectivity index (χ1) is 10.9. The molecule has 5 heteroatoms. The SMILES string of the molecule is Cc1cccc(OC(=O)CCc2c(C)[nH]c(=O)c(C#N)c2C)c1. The molecule has 2 rings (SSSR count). The molecule has 23 heavy (non-hydrogen) atoms. The zero-order valence-electron chi connectivity index (χ0n) is 13.4. The Morgan fingerprint density at radius 3 is 2.70 bits per heavy atom. The van der Waals surface area contributed by atoms with E-state index in [-0.39, 0.29) is 18.0 Å². The number of nitrogens with one attached hydrogen (secondary N) is 1. The number of hydrogen-bond donors (Lipinski definition) is 1. The van der Waals surface area contributed by atoms with Gasteiger partial charge in [-0.1, -0.05) is 12.1 Å². The smallest absolute Gasteiger partial charge is 0.311 e. The number of aromatic nitrogens is 1. The first kappa shape index (κ1) is 16.5. The second kappa shape index (κ2) is 6.93. The Hall–Kier alpha value is -2.87. The molecule has 0 fully saturated rings. The van der Waals surface area contributed by atoms with Crippen LogP contribution >= 0.6 is 0 Å². The Bertz CT molecular complexity index is 844. The van der Waals surface area contributed by atoms with Gasteiger partial charge in [-0.2, -0.15) is 5.26 Å². The number of aryl methyl sites for hydroxylation is 2. The Kier molecular flexibility index (Phi) is 4.97. The van der Waals surface area contributed by atoms with Crippen LogP contribution in [0.4, 0.5) is 0 Å². The number of pyridine rings is 1. The van der Waals surface area contributed by atoms with E-state index in [4.69, 9.17) is 10.00 Å². The van der Waals surface area contributed by atoms with Gasteiger partial charge in [0, 0.05) is 5.69 Å². The highest BCUT2D eigenvalue weighted by atomic mass is 16.5. The van der Waals surface area contributed by atoms with Crippen molar-refractivity contribution in [2.24, 2.45) is 0 Å². The topological polar surface area (TPSA) is 83.0 Å². The molecule has 1 heterocycles. The predicted octanol–water partition coefficient (Wildman–Crippen LogP) is 2.71. The third-order valence-corrected chi connectivity index (χ3v) is 3.72. The molecule has 0 bridgehead atoms. The third-order valence-electron chi connectivity index (χ3n) is 3.72. The van der Waals surface area contributed by atoms with E-state index in [1.807, 2.05) is 25.1 Å². The molecular formula is C18H18N2O3. The number of hydrogen-bond acceptors (Lipinski definition) is 4. The zero-order chi connectivity index (χ0) is 17.0. The van der Waals surface area contributed by atoms with Crippen molar-refractivity contribution in [2.75, 3.05) is 0 Å². The van der Waals surface area contributed by atoms with Crippen LogP contribution in [0.25, 0.3) is 0 Å². The quantitative estimate of drug-likeness (QED) is 0.695. The lowest BCUT2D eigenvalue weighted by molar-refractivity contribution is -0.134. The van der Waals surface area contributed by atoms with Crippen LogP contribution in [-0.4, -0.2) is 11.0 Å². The van der Waals surface area contributed by atoms with Crippen LogP contribution < -0.4 is 10.3 Å². The summed E-state index contributed by atoms with van der Waals surface area (Å²) < 4.78 is 5.30. The van der Waals surface area contributed by atoms with Crippen molar-refractivity contribution in [1.29, 1.82) is 5.26 Å². The lowest BCUT2D eigenvalue weighted by atomic mass is 9.99. The van der Waals surface area contributed by atoms with Crippen molar-refractivity contribution in [2.45, 2.75) is 33.6 Å². The first-order valence-corrected chi connectivity index (χ1v) is 7.32. The largest absolute Gasteiger partial charge is 0.427 e. The second-order valence-electron chi connectivity index (χ2n) is 5.46. The molecule has 0 spiro atoms. The predicted molar refractivity (Wildman–Crippen MR) is 86.4 cm³/mol. The maximum Gasteiger partial charge on any atom is 0.311 e. The minimum atomic E-state index is -0.395. The summed E-state index contributed by atoms with van der Waals surface area (Å²) in [5.74, 6) is 0.168. The average Bonchev–Trinajstić information content (AvgIpc) is 2.47. The number of benzene rings is 1. The Morgan fingerprint density at radius 2 is 2.04 bits per heavy atom. The van der Waals surface area contributed by atoms with E-state index in [1.165, 1.54) is 0 Å². The molecular weight excluding hydrogens is 292 g/mol. The Balaban J connectivity index is 2.11. The monoisotopic (exact) mass is 310 g/mol. The molecule has 0 saturated heterocycles. The lowest BCUT2D eigenvalue weighted by Gasteiger charge is -2.10. The summed E-state index contributed by atoms with van der Waals surface area (Å²) in [5.41, 5.74) is 2.82. The van der Waals surface area contributed by atoms with Crippen LogP contribution in [0.3, 0.4) is 0 Å². The Labute approximate surface area is 134 Å². The van der Waals surface area contributed by atoms with E-state index in [0.717, 1.165) is 11.1 Å². The van der Waals surface area contributed by atoms with Crippen LogP contribution in [-0.2, 0) is 11.2 Å². The van der Waals surface area contributed by atoms with E-state index >= 15 is 0 Å². The third kappa shape index (κ3) is 3.86. The summed E-state index contributed by atoms with van der Waals surface area (Å²) in [5, 5.41) is 9.05.